The fourth-order valence-electron chi connectivity index (χ4n) is 3.43. The molecule has 0 bridgehead atoms. The summed E-state index contributed by atoms with van der Waals surface area (Å²) in [6.45, 7) is 2.81. The van der Waals surface area contributed by atoms with Gasteiger partial charge >= 0.3 is 5.97 Å². The molecule has 0 aliphatic carbocycles. The molecule has 2 N–H and O–H groups in total. The molecular weight excluding hydrogens is 426 g/mol. The molecule has 0 unspecified atom stereocenters. The summed E-state index contributed by atoms with van der Waals surface area (Å²) >= 11 is 0.809. The van der Waals surface area contributed by atoms with Crippen LogP contribution in [0.2, 0.25) is 0 Å². The van der Waals surface area contributed by atoms with Crippen LogP contribution in [0.25, 0.3) is 21.5 Å². The standard InChI is InChI=1S/C21H18F2N4O3S/c1-11-7-12-16(30-2)4-3-13(22)19(12)27(11)6-5-24-18-9-15(25-10-26-18)17-8-14(23)20(31-17)21(28)29/h3-4,7-10H,5-6H2,1-2H3,(H,28,29)(H,24,25,26). The summed E-state index contributed by atoms with van der Waals surface area (Å²) in [4.78, 5) is 19.3. The van der Waals surface area contributed by atoms with Gasteiger partial charge in [-0.05, 0) is 31.2 Å². The van der Waals surface area contributed by atoms with E-state index in [0.717, 1.165) is 23.1 Å². The van der Waals surface area contributed by atoms with Gasteiger partial charge in [-0.15, -0.1) is 11.3 Å². The number of fused-ring (bicyclic) bond motifs is 1. The second-order valence-electron chi connectivity index (χ2n) is 6.76. The molecule has 0 atom stereocenters. The number of nitrogens with one attached hydrogen (secondary N) is 1. The van der Waals surface area contributed by atoms with Gasteiger partial charge in [0, 0.05) is 30.2 Å². The number of nitrogens with zero attached hydrogens (tertiary/aromatic N) is 3. The summed E-state index contributed by atoms with van der Waals surface area (Å²) in [6, 6.07) is 7.62. The van der Waals surface area contributed by atoms with Gasteiger partial charge in [-0.3, -0.25) is 0 Å². The largest absolute Gasteiger partial charge is 0.496 e. The zero-order valence-corrected chi connectivity index (χ0v) is 17.5. The maximum atomic E-state index is 14.5. The van der Waals surface area contributed by atoms with Gasteiger partial charge in [0.05, 0.1) is 23.2 Å². The molecule has 4 rings (SSSR count). The number of aromatic carboxylic acids is 1. The normalized spacial score (nSPS) is 11.1. The van der Waals surface area contributed by atoms with Gasteiger partial charge in [-0.25, -0.2) is 23.5 Å². The third-order valence-corrected chi connectivity index (χ3v) is 5.96. The summed E-state index contributed by atoms with van der Waals surface area (Å²) in [5, 5.41) is 12.9. The van der Waals surface area contributed by atoms with Gasteiger partial charge in [0.1, 0.15) is 34.4 Å². The Labute approximate surface area is 180 Å². The lowest BCUT2D eigenvalue weighted by Gasteiger charge is -2.11. The van der Waals surface area contributed by atoms with E-state index >= 15 is 0 Å². The summed E-state index contributed by atoms with van der Waals surface area (Å²) < 4.78 is 35.4. The lowest BCUT2D eigenvalue weighted by molar-refractivity contribution is 0.0697. The highest BCUT2D eigenvalue weighted by Crippen LogP contribution is 2.32. The highest BCUT2D eigenvalue weighted by molar-refractivity contribution is 7.17. The number of methoxy groups -OCH3 is 1. The number of carboxylic acid groups (broad SMARTS) is 1. The van der Waals surface area contributed by atoms with Crippen LogP contribution >= 0.6 is 11.3 Å². The topological polar surface area (TPSA) is 89.3 Å². The Kier molecular flexibility index (Phi) is 5.55. The molecule has 0 fully saturated rings. The van der Waals surface area contributed by atoms with E-state index in [9.17, 15) is 13.6 Å². The van der Waals surface area contributed by atoms with Crippen LogP contribution in [0.5, 0.6) is 5.75 Å². The van der Waals surface area contributed by atoms with Gasteiger partial charge in [-0.2, -0.15) is 0 Å². The fourth-order valence-corrected chi connectivity index (χ4v) is 4.27. The predicted octanol–water partition coefficient (Wildman–Crippen LogP) is 4.57. The van der Waals surface area contributed by atoms with Crippen LogP contribution in [0.4, 0.5) is 14.6 Å². The van der Waals surface area contributed by atoms with Crippen LogP contribution < -0.4 is 10.1 Å². The van der Waals surface area contributed by atoms with Crippen molar-refractivity contribution in [3.8, 4) is 16.3 Å². The van der Waals surface area contributed by atoms with E-state index in [4.69, 9.17) is 9.84 Å². The Morgan fingerprint density at radius 2 is 2.03 bits per heavy atom. The molecule has 10 heteroatoms. The van der Waals surface area contributed by atoms with Crippen molar-refractivity contribution in [1.29, 1.82) is 0 Å². The van der Waals surface area contributed by atoms with E-state index < -0.39 is 11.8 Å². The number of hydrogen-bond acceptors (Lipinski definition) is 6. The van der Waals surface area contributed by atoms with Crippen LogP contribution in [-0.2, 0) is 6.54 Å². The zero-order chi connectivity index (χ0) is 22.1. The molecular formula is C21H18F2N4O3S. The number of halogens is 2. The molecule has 0 spiro atoms. The minimum absolute atomic E-state index is 0.331. The molecule has 0 saturated carbocycles. The lowest BCUT2D eigenvalue weighted by Crippen LogP contribution is -2.12. The van der Waals surface area contributed by atoms with Crippen molar-refractivity contribution in [2.45, 2.75) is 13.5 Å². The average molecular weight is 444 g/mol. The van der Waals surface area contributed by atoms with E-state index in [1.807, 2.05) is 17.6 Å². The number of ether oxygens (including phenoxy) is 1. The highest BCUT2D eigenvalue weighted by Gasteiger charge is 2.17. The average Bonchev–Trinajstić information content (AvgIpc) is 3.29. The monoisotopic (exact) mass is 444 g/mol. The number of carboxylic acids is 1. The number of benzene rings is 1. The van der Waals surface area contributed by atoms with Gasteiger partial charge in [0.25, 0.3) is 0 Å². The van der Waals surface area contributed by atoms with Crippen molar-refractivity contribution in [2.24, 2.45) is 0 Å². The minimum Gasteiger partial charge on any atom is -0.496 e. The number of rotatable bonds is 7. The molecule has 0 saturated heterocycles. The molecule has 0 radical (unpaired) electrons. The van der Waals surface area contributed by atoms with Gasteiger partial charge in [-0.1, -0.05) is 0 Å². The third kappa shape index (κ3) is 3.93. The third-order valence-electron chi connectivity index (χ3n) is 4.84. The lowest BCUT2D eigenvalue weighted by atomic mass is 10.2. The Morgan fingerprint density at radius 3 is 2.74 bits per heavy atom. The Bertz CT molecular complexity index is 1290. The summed E-state index contributed by atoms with van der Waals surface area (Å²) in [7, 11) is 1.55. The minimum atomic E-state index is -1.32. The number of carbonyl (C=O) groups is 1. The quantitative estimate of drug-likeness (QED) is 0.434. The molecule has 31 heavy (non-hydrogen) atoms. The van der Waals surface area contributed by atoms with Crippen LogP contribution in [0, 0.1) is 18.6 Å². The van der Waals surface area contributed by atoms with Crippen molar-refractivity contribution in [3.63, 3.8) is 0 Å². The fraction of sp³-hybridized carbons (Fsp3) is 0.190. The van der Waals surface area contributed by atoms with E-state index in [1.54, 1.807) is 19.2 Å². The second kappa shape index (κ2) is 8.31. The first-order valence-electron chi connectivity index (χ1n) is 9.30. The Balaban J connectivity index is 1.53. The van der Waals surface area contributed by atoms with Crippen LogP contribution in [0.15, 0.2) is 36.7 Å². The summed E-state index contributed by atoms with van der Waals surface area (Å²) in [6.07, 6.45) is 1.32. The molecule has 7 nitrogen and oxygen atoms in total. The highest BCUT2D eigenvalue weighted by atomic mass is 32.1. The number of thiophene rings is 1. The van der Waals surface area contributed by atoms with Gasteiger partial charge in [0.2, 0.25) is 0 Å². The number of aromatic nitrogens is 3. The first kappa shape index (κ1) is 20.7. The van der Waals surface area contributed by atoms with E-state index in [2.05, 4.69) is 15.3 Å². The molecule has 0 aliphatic rings. The molecule has 0 amide bonds. The molecule has 160 valence electrons. The van der Waals surface area contributed by atoms with E-state index in [-0.39, 0.29) is 10.7 Å². The van der Waals surface area contributed by atoms with E-state index in [0.29, 0.717) is 46.1 Å². The SMILES string of the molecule is COc1ccc(F)c2c1cc(C)n2CCNc1cc(-c2cc(F)c(C(=O)O)s2)ncn1. The smallest absolute Gasteiger partial charge is 0.348 e. The van der Waals surface area contributed by atoms with Crippen LogP contribution in [0.3, 0.4) is 0 Å². The molecule has 3 aromatic heterocycles. The molecule has 0 aliphatic heterocycles. The number of hydrogen-bond donors (Lipinski definition) is 2. The predicted molar refractivity (Wildman–Crippen MR) is 114 cm³/mol. The Morgan fingerprint density at radius 1 is 1.23 bits per heavy atom. The van der Waals surface area contributed by atoms with Gasteiger partial charge in [0.15, 0.2) is 0 Å². The maximum Gasteiger partial charge on any atom is 0.348 e. The second-order valence-corrected chi connectivity index (χ2v) is 7.81. The molecule has 3 heterocycles. The van der Waals surface area contributed by atoms with Crippen LogP contribution in [-0.4, -0.2) is 39.3 Å². The van der Waals surface area contributed by atoms with Crippen molar-refractivity contribution in [1.82, 2.24) is 14.5 Å². The Hall–Kier alpha value is -3.53. The number of aryl methyl sites for hydroxylation is 1. The van der Waals surface area contributed by atoms with Gasteiger partial charge < -0.3 is 19.7 Å². The first-order valence-corrected chi connectivity index (χ1v) is 10.1. The van der Waals surface area contributed by atoms with E-state index in [1.165, 1.54) is 12.4 Å². The summed E-state index contributed by atoms with van der Waals surface area (Å²) in [5.74, 6) is -1.35. The molecule has 1 aromatic carbocycles. The van der Waals surface area contributed by atoms with Crippen molar-refractivity contribution in [2.75, 3.05) is 19.0 Å². The van der Waals surface area contributed by atoms with Crippen molar-refractivity contribution >= 4 is 34.0 Å². The van der Waals surface area contributed by atoms with Crippen molar-refractivity contribution in [3.05, 3.63) is 58.9 Å². The van der Waals surface area contributed by atoms with Crippen molar-refractivity contribution < 1.29 is 23.4 Å². The zero-order valence-electron chi connectivity index (χ0n) is 16.6. The number of anilines is 1. The first-order chi connectivity index (χ1) is 14.9. The molecule has 4 aromatic rings. The summed E-state index contributed by atoms with van der Waals surface area (Å²) in [5.41, 5.74) is 1.77. The maximum absolute atomic E-state index is 14.5. The van der Waals surface area contributed by atoms with Crippen LogP contribution in [0.1, 0.15) is 15.4 Å².